The Kier molecular flexibility index (Phi) is 3.01. The third-order valence-corrected chi connectivity index (χ3v) is 1.74. The summed E-state index contributed by atoms with van der Waals surface area (Å²) in [5.74, 6) is -0.782. The van der Waals surface area contributed by atoms with E-state index in [9.17, 15) is 9.59 Å². The van der Waals surface area contributed by atoms with Crippen LogP contribution >= 0.6 is 0 Å². The molecular formula is C9H12N2O3. The highest BCUT2D eigenvalue weighted by atomic mass is 16.4. The van der Waals surface area contributed by atoms with Crippen LogP contribution in [0.1, 0.15) is 29.9 Å². The molecule has 0 amide bonds. The smallest absolute Gasteiger partial charge is 0.345 e. The maximum absolute atomic E-state index is 10.9. The SMILES string of the molecule is CC(C)Cc1[nH]c(=O)ncc1C(=O)O. The van der Waals surface area contributed by atoms with Crippen LogP contribution in [0, 0.1) is 5.92 Å². The summed E-state index contributed by atoms with van der Waals surface area (Å²) >= 11 is 0. The lowest BCUT2D eigenvalue weighted by Gasteiger charge is -2.06. The van der Waals surface area contributed by atoms with Crippen LogP contribution in [0.4, 0.5) is 0 Å². The summed E-state index contributed by atoms with van der Waals surface area (Å²) in [6.45, 7) is 3.90. The van der Waals surface area contributed by atoms with Crippen LogP contribution in [0.15, 0.2) is 11.0 Å². The molecule has 0 fully saturated rings. The highest BCUT2D eigenvalue weighted by Gasteiger charge is 2.12. The summed E-state index contributed by atoms with van der Waals surface area (Å²) in [5.41, 5.74) is -0.00329. The zero-order chi connectivity index (χ0) is 10.7. The van der Waals surface area contributed by atoms with Crippen molar-refractivity contribution in [3.8, 4) is 0 Å². The lowest BCUT2D eigenvalue weighted by molar-refractivity contribution is 0.0694. The number of carbonyl (C=O) groups is 1. The van der Waals surface area contributed by atoms with Gasteiger partial charge in [0.1, 0.15) is 0 Å². The van der Waals surface area contributed by atoms with Gasteiger partial charge in [0.15, 0.2) is 0 Å². The number of hydrogen-bond acceptors (Lipinski definition) is 3. The van der Waals surface area contributed by atoms with Gasteiger partial charge < -0.3 is 10.1 Å². The number of aromatic carboxylic acids is 1. The first-order chi connectivity index (χ1) is 6.50. The highest BCUT2D eigenvalue weighted by Crippen LogP contribution is 2.08. The van der Waals surface area contributed by atoms with Crippen LogP contribution in [-0.2, 0) is 6.42 Å². The summed E-state index contributed by atoms with van der Waals surface area (Å²) in [7, 11) is 0. The molecule has 0 radical (unpaired) electrons. The monoisotopic (exact) mass is 196 g/mol. The van der Waals surface area contributed by atoms with E-state index in [0.29, 0.717) is 12.1 Å². The molecule has 0 atom stereocenters. The van der Waals surface area contributed by atoms with Crippen molar-refractivity contribution < 1.29 is 9.90 Å². The van der Waals surface area contributed by atoms with Crippen molar-refractivity contribution in [2.75, 3.05) is 0 Å². The van der Waals surface area contributed by atoms with Crippen molar-refractivity contribution in [3.63, 3.8) is 0 Å². The molecule has 0 aliphatic heterocycles. The van der Waals surface area contributed by atoms with Gasteiger partial charge in [0.2, 0.25) is 0 Å². The fourth-order valence-corrected chi connectivity index (χ4v) is 1.18. The van der Waals surface area contributed by atoms with E-state index < -0.39 is 11.7 Å². The molecule has 1 rings (SSSR count). The number of carboxylic acid groups (broad SMARTS) is 1. The van der Waals surface area contributed by atoms with Crippen molar-refractivity contribution >= 4 is 5.97 Å². The number of H-pyrrole nitrogens is 1. The number of nitrogens with zero attached hydrogens (tertiary/aromatic N) is 1. The number of carboxylic acids is 1. The molecule has 1 aromatic heterocycles. The fourth-order valence-electron chi connectivity index (χ4n) is 1.18. The molecule has 0 bridgehead atoms. The summed E-state index contributed by atoms with van der Waals surface area (Å²) in [6, 6.07) is 0. The second-order valence-corrected chi connectivity index (χ2v) is 3.48. The molecule has 0 aliphatic carbocycles. The number of nitrogens with one attached hydrogen (secondary N) is 1. The van der Waals surface area contributed by atoms with Crippen LogP contribution in [0.5, 0.6) is 0 Å². The Balaban J connectivity index is 3.16. The molecular weight excluding hydrogens is 184 g/mol. The van der Waals surface area contributed by atoms with Crippen LogP contribution < -0.4 is 5.69 Å². The van der Waals surface area contributed by atoms with Gasteiger partial charge in [-0.25, -0.2) is 14.6 Å². The van der Waals surface area contributed by atoms with Crippen molar-refractivity contribution in [2.45, 2.75) is 20.3 Å². The second kappa shape index (κ2) is 4.04. The minimum atomic E-state index is -1.07. The van der Waals surface area contributed by atoms with Crippen LogP contribution in [0.2, 0.25) is 0 Å². The van der Waals surface area contributed by atoms with Gasteiger partial charge >= 0.3 is 11.7 Å². The van der Waals surface area contributed by atoms with Gasteiger partial charge in [-0.1, -0.05) is 13.8 Å². The average molecular weight is 196 g/mol. The van der Waals surface area contributed by atoms with Gasteiger partial charge in [0, 0.05) is 11.9 Å². The molecule has 1 aromatic rings. The van der Waals surface area contributed by atoms with Crippen LogP contribution in [0.3, 0.4) is 0 Å². The Labute approximate surface area is 80.8 Å². The molecule has 0 aromatic carbocycles. The zero-order valence-electron chi connectivity index (χ0n) is 8.07. The molecule has 0 aliphatic rings. The van der Waals surface area contributed by atoms with E-state index in [1.807, 2.05) is 13.8 Å². The van der Waals surface area contributed by atoms with E-state index in [2.05, 4.69) is 9.97 Å². The molecule has 2 N–H and O–H groups in total. The number of hydrogen-bond donors (Lipinski definition) is 2. The average Bonchev–Trinajstić information content (AvgIpc) is 2.01. The first-order valence-corrected chi connectivity index (χ1v) is 4.32. The zero-order valence-corrected chi connectivity index (χ0v) is 8.07. The van der Waals surface area contributed by atoms with Crippen molar-refractivity contribution in [1.82, 2.24) is 9.97 Å². The van der Waals surface area contributed by atoms with E-state index in [1.54, 1.807) is 0 Å². The molecule has 0 spiro atoms. The molecule has 0 saturated carbocycles. The Bertz CT molecular complexity index is 395. The number of aromatic amines is 1. The molecule has 0 unspecified atom stereocenters. The van der Waals surface area contributed by atoms with Gasteiger partial charge in [-0.15, -0.1) is 0 Å². The van der Waals surface area contributed by atoms with Crippen molar-refractivity contribution in [2.24, 2.45) is 5.92 Å². The Morgan fingerprint density at radius 2 is 2.29 bits per heavy atom. The maximum Gasteiger partial charge on any atom is 0.345 e. The van der Waals surface area contributed by atoms with Gasteiger partial charge in [-0.05, 0) is 12.3 Å². The lowest BCUT2D eigenvalue weighted by Crippen LogP contribution is -2.18. The molecule has 14 heavy (non-hydrogen) atoms. The Morgan fingerprint density at radius 1 is 1.64 bits per heavy atom. The lowest BCUT2D eigenvalue weighted by atomic mass is 10.0. The van der Waals surface area contributed by atoms with E-state index >= 15 is 0 Å². The second-order valence-electron chi connectivity index (χ2n) is 3.48. The maximum atomic E-state index is 10.9. The van der Waals surface area contributed by atoms with E-state index in [0.717, 1.165) is 6.20 Å². The standard InChI is InChI=1S/C9H12N2O3/c1-5(2)3-7-6(8(12)13)4-10-9(14)11-7/h4-5H,3H2,1-2H3,(H,12,13)(H,10,11,14). The van der Waals surface area contributed by atoms with E-state index in [1.165, 1.54) is 0 Å². The van der Waals surface area contributed by atoms with E-state index in [-0.39, 0.29) is 11.5 Å². The normalized spacial score (nSPS) is 10.5. The van der Waals surface area contributed by atoms with Gasteiger partial charge in [0.05, 0.1) is 5.56 Å². The molecule has 76 valence electrons. The Morgan fingerprint density at radius 3 is 2.79 bits per heavy atom. The number of aromatic nitrogens is 2. The molecule has 5 nitrogen and oxygen atoms in total. The van der Waals surface area contributed by atoms with Gasteiger partial charge in [-0.3, -0.25) is 0 Å². The molecule has 0 saturated heterocycles. The number of rotatable bonds is 3. The predicted octanol–water partition coefficient (Wildman–Crippen LogP) is 0.667. The topological polar surface area (TPSA) is 83.0 Å². The molecule has 1 heterocycles. The first-order valence-electron chi connectivity index (χ1n) is 4.32. The van der Waals surface area contributed by atoms with Crippen LogP contribution in [-0.4, -0.2) is 21.0 Å². The third-order valence-electron chi connectivity index (χ3n) is 1.74. The minimum Gasteiger partial charge on any atom is -0.478 e. The predicted molar refractivity (Wildman–Crippen MR) is 50.4 cm³/mol. The third kappa shape index (κ3) is 2.42. The first kappa shape index (κ1) is 10.4. The highest BCUT2D eigenvalue weighted by molar-refractivity contribution is 5.88. The van der Waals surface area contributed by atoms with Crippen molar-refractivity contribution in [1.29, 1.82) is 0 Å². The minimum absolute atomic E-state index is 0.0679. The largest absolute Gasteiger partial charge is 0.478 e. The van der Waals surface area contributed by atoms with Gasteiger partial charge in [0.25, 0.3) is 0 Å². The molecule has 5 heteroatoms. The summed E-state index contributed by atoms with van der Waals surface area (Å²) in [5, 5.41) is 8.81. The fraction of sp³-hybridized carbons (Fsp3) is 0.444. The Hall–Kier alpha value is -1.65. The van der Waals surface area contributed by atoms with Crippen LogP contribution in [0.25, 0.3) is 0 Å². The van der Waals surface area contributed by atoms with Gasteiger partial charge in [-0.2, -0.15) is 0 Å². The van der Waals surface area contributed by atoms with Crippen molar-refractivity contribution in [3.05, 3.63) is 27.9 Å². The summed E-state index contributed by atoms with van der Waals surface area (Å²) < 4.78 is 0. The summed E-state index contributed by atoms with van der Waals surface area (Å²) in [4.78, 5) is 27.5. The quantitative estimate of drug-likeness (QED) is 0.744. The van der Waals surface area contributed by atoms with E-state index in [4.69, 9.17) is 5.11 Å². The summed E-state index contributed by atoms with van der Waals surface area (Å²) in [6.07, 6.45) is 1.62.